The van der Waals surface area contributed by atoms with E-state index in [0.717, 1.165) is 24.3 Å². The number of nitrogens with zero attached hydrogens (tertiary/aromatic N) is 3. The Balaban J connectivity index is 1.85. The van der Waals surface area contributed by atoms with Crippen molar-refractivity contribution in [2.45, 2.75) is 19.8 Å². The predicted molar refractivity (Wildman–Crippen MR) is 82.3 cm³/mol. The number of hydrogen-bond acceptors (Lipinski definition) is 4. The minimum absolute atomic E-state index is 0.161. The number of rotatable bonds is 7. The van der Waals surface area contributed by atoms with Gasteiger partial charge in [0.05, 0.1) is 5.69 Å². The summed E-state index contributed by atoms with van der Waals surface area (Å²) in [7, 11) is 1.88. The highest BCUT2D eigenvalue weighted by Gasteiger charge is 2.07. The first kappa shape index (κ1) is 15.0. The van der Waals surface area contributed by atoms with Crippen molar-refractivity contribution in [1.29, 1.82) is 0 Å². The molecule has 0 spiro atoms. The smallest absolute Gasteiger partial charge is 0.269 e. The largest absolute Gasteiger partial charge is 0.385 e. The number of nitrogens with one attached hydrogen (secondary N) is 2. The summed E-state index contributed by atoms with van der Waals surface area (Å²) in [5.74, 6) is -0.161. The van der Waals surface area contributed by atoms with Crippen molar-refractivity contribution in [3.63, 3.8) is 0 Å². The fourth-order valence-corrected chi connectivity index (χ4v) is 1.93. The van der Waals surface area contributed by atoms with Gasteiger partial charge in [0, 0.05) is 44.6 Å². The Labute approximate surface area is 124 Å². The first-order valence-corrected chi connectivity index (χ1v) is 7.15. The Morgan fingerprint density at radius 1 is 1.33 bits per heavy atom. The molecule has 0 aliphatic carbocycles. The molecule has 0 saturated carbocycles. The monoisotopic (exact) mass is 287 g/mol. The lowest BCUT2D eigenvalue weighted by molar-refractivity contribution is 0.0949. The molecule has 0 bridgehead atoms. The summed E-state index contributed by atoms with van der Waals surface area (Å²) >= 11 is 0. The first-order chi connectivity index (χ1) is 10.2. The van der Waals surface area contributed by atoms with Gasteiger partial charge in [-0.15, -0.1) is 0 Å². The molecule has 0 saturated heterocycles. The molecule has 2 aromatic heterocycles. The lowest BCUT2D eigenvalue weighted by Gasteiger charge is -2.07. The molecular weight excluding hydrogens is 266 g/mol. The summed E-state index contributed by atoms with van der Waals surface area (Å²) in [5, 5.41) is 10.4. The molecular formula is C15H21N5O. The number of anilines is 1. The van der Waals surface area contributed by atoms with Crippen molar-refractivity contribution in [2.75, 3.05) is 18.4 Å². The molecule has 0 aromatic carbocycles. The second-order valence-electron chi connectivity index (χ2n) is 4.84. The second kappa shape index (κ2) is 7.42. The van der Waals surface area contributed by atoms with Crippen molar-refractivity contribution in [2.24, 2.45) is 7.05 Å². The zero-order chi connectivity index (χ0) is 15.1. The van der Waals surface area contributed by atoms with Gasteiger partial charge >= 0.3 is 0 Å². The van der Waals surface area contributed by atoms with E-state index in [1.54, 1.807) is 16.9 Å². The fraction of sp³-hybridized carbons (Fsp3) is 0.400. The minimum atomic E-state index is -0.161. The van der Waals surface area contributed by atoms with Crippen molar-refractivity contribution in [3.8, 4) is 0 Å². The lowest BCUT2D eigenvalue weighted by atomic mass is 10.2. The van der Waals surface area contributed by atoms with Crippen LogP contribution in [-0.2, 0) is 13.5 Å². The van der Waals surface area contributed by atoms with E-state index in [1.165, 1.54) is 0 Å². The van der Waals surface area contributed by atoms with Crippen molar-refractivity contribution >= 4 is 11.6 Å². The van der Waals surface area contributed by atoms with Crippen LogP contribution in [0, 0.1) is 0 Å². The molecule has 0 atom stereocenters. The number of amides is 1. The van der Waals surface area contributed by atoms with E-state index in [4.69, 9.17) is 0 Å². The third-order valence-electron chi connectivity index (χ3n) is 3.01. The highest BCUT2D eigenvalue weighted by Crippen LogP contribution is 2.07. The fourth-order valence-electron chi connectivity index (χ4n) is 1.93. The van der Waals surface area contributed by atoms with E-state index in [-0.39, 0.29) is 5.91 Å². The second-order valence-corrected chi connectivity index (χ2v) is 4.84. The van der Waals surface area contributed by atoms with Gasteiger partial charge in [-0.25, -0.2) is 0 Å². The summed E-state index contributed by atoms with van der Waals surface area (Å²) < 4.78 is 1.75. The normalized spacial score (nSPS) is 10.4. The maximum atomic E-state index is 12.0. The number of carbonyl (C=O) groups is 1. The van der Waals surface area contributed by atoms with Crippen LogP contribution in [-0.4, -0.2) is 33.8 Å². The SMILES string of the molecule is CCCNc1ccnc(C(=O)NCCc2ccn(C)n2)c1. The maximum Gasteiger partial charge on any atom is 0.269 e. The Morgan fingerprint density at radius 3 is 2.90 bits per heavy atom. The van der Waals surface area contributed by atoms with E-state index in [1.807, 2.05) is 25.4 Å². The van der Waals surface area contributed by atoms with Crippen LogP contribution in [0.2, 0.25) is 0 Å². The van der Waals surface area contributed by atoms with Gasteiger partial charge in [-0.2, -0.15) is 5.10 Å². The van der Waals surface area contributed by atoms with Crippen LogP contribution in [0.3, 0.4) is 0 Å². The Morgan fingerprint density at radius 2 is 2.19 bits per heavy atom. The molecule has 6 heteroatoms. The highest BCUT2D eigenvalue weighted by molar-refractivity contribution is 5.93. The molecule has 0 radical (unpaired) electrons. The van der Waals surface area contributed by atoms with Gasteiger partial charge in [-0.1, -0.05) is 6.92 Å². The summed E-state index contributed by atoms with van der Waals surface area (Å²) in [6, 6.07) is 5.58. The number of aromatic nitrogens is 3. The third kappa shape index (κ3) is 4.59. The van der Waals surface area contributed by atoms with Crippen LogP contribution in [0.15, 0.2) is 30.6 Å². The van der Waals surface area contributed by atoms with E-state index in [2.05, 4.69) is 27.6 Å². The molecule has 0 aliphatic rings. The molecule has 2 rings (SSSR count). The quantitative estimate of drug-likeness (QED) is 0.811. The van der Waals surface area contributed by atoms with Crippen LogP contribution in [0.4, 0.5) is 5.69 Å². The zero-order valence-electron chi connectivity index (χ0n) is 12.5. The Bertz CT molecular complexity index is 593. The van der Waals surface area contributed by atoms with Gasteiger partial charge in [0.2, 0.25) is 0 Å². The molecule has 6 nitrogen and oxygen atoms in total. The van der Waals surface area contributed by atoms with E-state index in [9.17, 15) is 4.79 Å². The summed E-state index contributed by atoms with van der Waals surface area (Å²) in [6.45, 7) is 3.52. The van der Waals surface area contributed by atoms with Gasteiger partial charge in [-0.05, 0) is 24.6 Å². The molecule has 2 aromatic rings. The number of carbonyl (C=O) groups excluding carboxylic acids is 1. The van der Waals surface area contributed by atoms with Gasteiger partial charge in [-0.3, -0.25) is 14.5 Å². The predicted octanol–water partition coefficient (Wildman–Crippen LogP) is 1.61. The highest BCUT2D eigenvalue weighted by atomic mass is 16.1. The molecule has 0 aliphatic heterocycles. The molecule has 112 valence electrons. The summed E-state index contributed by atoms with van der Waals surface area (Å²) in [6.07, 6.45) is 5.28. The molecule has 2 N–H and O–H groups in total. The topological polar surface area (TPSA) is 71.8 Å². The zero-order valence-corrected chi connectivity index (χ0v) is 12.5. The number of pyridine rings is 1. The van der Waals surface area contributed by atoms with Crippen LogP contribution in [0.5, 0.6) is 0 Å². The standard InChI is InChI=1S/C15H21N5O/c1-3-7-16-13-5-8-17-14(11-13)15(21)18-9-4-12-6-10-20(2)19-12/h5-6,8,10-11H,3-4,7,9H2,1-2H3,(H,16,17)(H,18,21). The Hall–Kier alpha value is -2.37. The summed E-state index contributed by atoms with van der Waals surface area (Å²) in [5.41, 5.74) is 2.31. The van der Waals surface area contributed by atoms with Crippen LogP contribution >= 0.6 is 0 Å². The molecule has 2 heterocycles. The first-order valence-electron chi connectivity index (χ1n) is 7.15. The van der Waals surface area contributed by atoms with Crippen molar-refractivity contribution < 1.29 is 4.79 Å². The molecule has 0 unspecified atom stereocenters. The molecule has 21 heavy (non-hydrogen) atoms. The van der Waals surface area contributed by atoms with E-state index >= 15 is 0 Å². The number of aryl methyl sites for hydroxylation is 1. The van der Waals surface area contributed by atoms with Gasteiger partial charge in [0.1, 0.15) is 5.69 Å². The van der Waals surface area contributed by atoms with E-state index in [0.29, 0.717) is 18.7 Å². The van der Waals surface area contributed by atoms with Crippen molar-refractivity contribution in [3.05, 3.63) is 42.0 Å². The average molecular weight is 287 g/mol. The average Bonchev–Trinajstić information content (AvgIpc) is 2.91. The van der Waals surface area contributed by atoms with Gasteiger partial charge < -0.3 is 10.6 Å². The van der Waals surface area contributed by atoms with Gasteiger partial charge in [0.25, 0.3) is 5.91 Å². The van der Waals surface area contributed by atoms with Crippen molar-refractivity contribution in [1.82, 2.24) is 20.1 Å². The summed E-state index contributed by atoms with van der Waals surface area (Å²) in [4.78, 5) is 16.1. The van der Waals surface area contributed by atoms with Crippen LogP contribution in [0.25, 0.3) is 0 Å². The minimum Gasteiger partial charge on any atom is -0.385 e. The van der Waals surface area contributed by atoms with Crippen LogP contribution < -0.4 is 10.6 Å². The molecule has 0 fully saturated rings. The lowest BCUT2D eigenvalue weighted by Crippen LogP contribution is -2.26. The molecule has 1 amide bonds. The van der Waals surface area contributed by atoms with E-state index < -0.39 is 0 Å². The maximum absolute atomic E-state index is 12.0. The number of hydrogen-bond donors (Lipinski definition) is 2. The van der Waals surface area contributed by atoms with Gasteiger partial charge in [0.15, 0.2) is 0 Å². The third-order valence-corrected chi connectivity index (χ3v) is 3.01. The van der Waals surface area contributed by atoms with Crippen LogP contribution in [0.1, 0.15) is 29.5 Å². The Kier molecular flexibility index (Phi) is 5.31.